The molecular formula is C21H28N4O3. The van der Waals surface area contributed by atoms with Crippen LogP contribution in [-0.2, 0) is 11.3 Å². The zero-order valence-electron chi connectivity index (χ0n) is 16.9. The predicted octanol–water partition coefficient (Wildman–Crippen LogP) is 2.63. The number of ether oxygens (including phenoxy) is 2. The molecule has 0 saturated carbocycles. The molecule has 0 saturated heterocycles. The first-order valence-corrected chi connectivity index (χ1v) is 9.15. The van der Waals surface area contributed by atoms with Crippen molar-refractivity contribution in [1.29, 1.82) is 0 Å². The van der Waals surface area contributed by atoms with E-state index in [4.69, 9.17) is 9.47 Å². The van der Waals surface area contributed by atoms with E-state index in [-0.39, 0.29) is 12.5 Å². The zero-order valence-corrected chi connectivity index (χ0v) is 16.9. The van der Waals surface area contributed by atoms with Gasteiger partial charge in [0.05, 0.1) is 20.2 Å². The second kappa shape index (κ2) is 10.8. The van der Waals surface area contributed by atoms with E-state index < -0.39 is 0 Å². The summed E-state index contributed by atoms with van der Waals surface area (Å²) in [6.45, 7) is 3.38. The van der Waals surface area contributed by atoms with Gasteiger partial charge in [-0.3, -0.25) is 4.79 Å². The van der Waals surface area contributed by atoms with E-state index in [2.05, 4.69) is 15.6 Å². The van der Waals surface area contributed by atoms with E-state index in [0.29, 0.717) is 30.5 Å². The van der Waals surface area contributed by atoms with Crippen molar-refractivity contribution in [1.82, 2.24) is 15.5 Å². The highest BCUT2D eigenvalue weighted by Crippen LogP contribution is 2.30. The summed E-state index contributed by atoms with van der Waals surface area (Å²) in [6.07, 6.45) is 0. The number of carbonyl (C=O) groups excluding carboxylic acids is 1. The molecule has 150 valence electrons. The van der Waals surface area contributed by atoms with Gasteiger partial charge in [-0.1, -0.05) is 24.3 Å². The lowest BCUT2D eigenvalue weighted by Crippen LogP contribution is -2.42. The number of carbonyl (C=O) groups is 1. The Morgan fingerprint density at radius 3 is 2.32 bits per heavy atom. The second-order valence-corrected chi connectivity index (χ2v) is 6.23. The number of rotatable bonds is 8. The molecule has 0 aromatic heterocycles. The molecule has 0 spiro atoms. The normalized spacial score (nSPS) is 10.9. The highest BCUT2D eigenvalue weighted by molar-refractivity contribution is 5.86. The van der Waals surface area contributed by atoms with Crippen molar-refractivity contribution in [2.45, 2.75) is 13.5 Å². The van der Waals surface area contributed by atoms with Crippen LogP contribution in [0.3, 0.4) is 0 Å². The summed E-state index contributed by atoms with van der Waals surface area (Å²) in [7, 11) is 5.07. The lowest BCUT2D eigenvalue weighted by Gasteiger charge is -2.14. The molecule has 0 bridgehead atoms. The van der Waals surface area contributed by atoms with Gasteiger partial charge in [-0.25, -0.2) is 4.99 Å². The Balaban J connectivity index is 1.97. The number of hydrogen-bond acceptors (Lipinski definition) is 4. The first-order valence-electron chi connectivity index (χ1n) is 9.15. The minimum Gasteiger partial charge on any atom is -0.493 e. The van der Waals surface area contributed by atoms with Crippen LogP contribution in [0.25, 0.3) is 0 Å². The van der Waals surface area contributed by atoms with Gasteiger partial charge in [-0.15, -0.1) is 0 Å². The van der Waals surface area contributed by atoms with Crippen LogP contribution >= 0.6 is 0 Å². The Bertz CT molecular complexity index is 788. The van der Waals surface area contributed by atoms with Gasteiger partial charge in [-0.05, 0) is 36.8 Å². The molecule has 0 aliphatic rings. The summed E-state index contributed by atoms with van der Waals surface area (Å²) in [5.41, 5.74) is 1.03. The fourth-order valence-electron chi connectivity index (χ4n) is 2.32. The van der Waals surface area contributed by atoms with Gasteiger partial charge in [0.25, 0.3) is 0 Å². The monoisotopic (exact) mass is 384 g/mol. The van der Waals surface area contributed by atoms with Crippen LogP contribution < -0.4 is 20.1 Å². The van der Waals surface area contributed by atoms with E-state index in [0.717, 1.165) is 11.3 Å². The highest BCUT2D eigenvalue weighted by atomic mass is 16.5. The molecule has 2 rings (SSSR count). The minimum absolute atomic E-state index is 0.0107. The van der Waals surface area contributed by atoms with Gasteiger partial charge in [-0.2, -0.15) is 0 Å². The summed E-state index contributed by atoms with van der Waals surface area (Å²) in [6, 6.07) is 15.2. The van der Waals surface area contributed by atoms with Crippen molar-refractivity contribution in [3.63, 3.8) is 0 Å². The van der Waals surface area contributed by atoms with Crippen LogP contribution in [0.2, 0.25) is 0 Å². The van der Waals surface area contributed by atoms with E-state index in [9.17, 15) is 4.79 Å². The summed E-state index contributed by atoms with van der Waals surface area (Å²) >= 11 is 0. The van der Waals surface area contributed by atoms with Crippen LogP contribution in [0.1, 0.15) is 12.5 Å². The molecule has 28 heavy (non-hydrogen) atoms. The van der Waals surface area contributed by atoms with Crippen molar-refractivity contribution >= 4 is 11.9 Å². The fourth-order valence-corrected chi connectivity index (χ4v) is 2.32. The van der Waals surface area contributed by atoms with Crippen molar-refractivity contribution in [3.8, 4) is 17.2 Å². The SMILES string of the molecule is CCNC(=NCc1ccc(Oc2ccccc2OC)cc1)NCC(=O)N(C)C. The first kappa shape index (κ1) is 21.1. The van der Waals surface area contributed by atoms with Gasteiger partial charge in [0.2, 0.25) is 5.91 Å². The van der Waals surface area contributed by atoms with Gasteiger partial charge >= 0.3 is 0 Å². The topological polar surface area (TPSA) is 75.2 Å². The van der Waals surface area contributed by atoms with E-state index in [1.807, 2.05) is 55.5 Å². The Kier molecular flexibility index (Phi) is 8.14. The molecule has 0 unspecified atom stereocenters. The summed E-state index contributed by atoms with van der Waals surface area (Å²) in [4.78, 5) is 17.8. The Labute approximate surface area is 166 Å². The first-order chi connectivity index (χ1) is 13.5. The van der Waals surface area contributed by atoms with E-state index >= 15 is 0 Å². The van der Waals surface area contributed by atoms with Crippen molar-refractivity contribution < 1.29 is 14.3 Å². The number of likely N-dealkylation sites (N-methyl/N-ethyl adjacent to an activating group) is 1. The lowest BCUT2D eigenvalue weighted by atomic mass is 10.2. The average molecular weight is 384 g/mol. The molecule has 2 N–H and O–H groups in total. The molecule has 0 aliphatic heterocycles. The van der Waals surface area contributed by atoms with Crippen molar-refractivity contribution in [2.24, 2.45) is 4.99 Å². The molecule has 7 heteroatoms. The van der Waals surface area contributed by atoms with Gasteiger partial charge in [0.15, 0.2) is 17.5 Å². The second-order valence-electron chi connectivity index (χ2n) is 6.23. The van der Waals surface area contributed by atoms with Crippen LogP contribution in [0.15, 0.2) is 53.5 Å². The summed E-state index contributed by atoms with van der Waals surface area (Å²) < 4.78 is 11.2. The van der Waals surface area contributed by atoms with Crippen molar-refractivity contribution in [2.75, 3.05) is 34.3 Å². The number of amides is 1. The van der Waals surface area contributed by atoms with Crippen LogP contribution in [-0.4, -0.2) is 51.1 Å². The molecule has 0 heterocycles. The van der Waals surface area contributed by atoms with Gasteiger partial charge < -0.3 is 25.0 Å². The molecule has 0 radical (unpaired) electrons. The van der Waals surface area contributed by atoms with Crippen LogP contribution in [0, 0.1) is 0 Å². The summed E-state index contributed by atoms with van der Waals surface area (Å²) in [5.74, 6) is 2.67. The maximum atomic E-state index is 11.7. The number of aliphatic imine (C=N–C) groups is 1. The lowest BCUT2D eigenvalue weighted by molar-refractivity contribution is -0.127. The third-order valence-electron chi connectivity index (χ3n) is 3.89. The molecule has 1 amide bonds. The molecule has 0 fully saturated rings. The zero-order chi connectivity index (χ0) is 20.4. The number of methoxy groups -OCH3 is 1. The number of nitrogens with zero attached hydrogens (tertiary/aromatic N) is 2. The largest absolute Gasteiger partial charge is 0.493 e. The Morgan fingerprint density at radius 1 is 1.04 bits per heavy atom. The number of nitrogens with one attached hydrogen (secondary N) is 2. The molecule has 2 aromatic rings. The molecule has 0 aliphatic carbocycles. The number of para-hydroxylation sites is 2. The average Bonchev–Trinajstić information content (AvgIpc) is 2.71. The molecule has 7 nitrogen and oxygen atoms in total. The van der Waals surface area contributed by atoms with Gasteiger partial charge in [0, 0.05) is 20.6 Å². The molecule has 0 atom stereocenters. The Hall–Kier alpha value is -3.22. The fraction of sp³-hybridized carbons (Fsp3) is 0.333. The Morgan fingerprint density at radius 2 is 1.71 bits per heavy atom. The maximum absolute atomic E-state index is 11.7. The highest BCUT2D eigenvalue weighted by Gasteiger charge is 2.06. The third-order valence-corrected chi connectivity index (χ3v) is 3.89. The number of hydrogen-bond donors (Lipinski definition) is 2. The maximum Gasteiger partial charge on any atom is 0.241 e. The molecular weight excluding hydrogens is 356 g/mol. The molecule has 2 aromatic carbocycles. The predicted molar refractivity (Wildman–Crippen MR) is 111 cm³/mol. The quantitative estimate of drug-likeness (QED) is 0.541. The third kappa shape index (κ3) is 6.50. The standard InChI is InChI=1S/C21H28N4O3/c1-5-22-21(24-15-20(26)25(2)3)23-14-16-10-12-17(13-11-16)28-19-9-7-6-8-18(19)27-4/h6-13H,5,14-15H2,1-4H3,(H2,22,23,24). The smallest absolute Gasteiger partial charge is 0.241 e. The number of guanidine groups is 1. The van der Waals surface area contributed by atoms with Crippen LogP contribution in [0.4, 0.5) is 0 Å². The summed E-state index contributed by atoms with van der Waals surface area (Å²) in [5, 5.41) is 6.17. The van der Waals surface area contributed by atoms with Gasteiger partial charge in [0.1, 0.15) is 5.75 Å². The number of benzene rings is 2. The minimum atomic E-state index is -0.0107. The van der Waals surface area contributed by atoms with Crippen molar-refractivity contribution in [3.05, 3.63) is 54.1 Å². The van der Waals surface area contributed by atoms with E-state index in [1.54, 1.807) is 21.2 Å². The van der Waals surface area contributed by atoms with Crippen LogP contribution in [0.5, 0.6) is 17.2 Å². The van der Waals surface area contributed by atoms with E-state index in [1.165, 1.54) is 4.90 Å².